The smallest absolute Gasteiger partial charge is 0.147 e. The minimum absolute atomic E-state index is 0.190. The van der Waals surface area contributed by atoms with Crippen LogP contribution >= 0.6 is 11.8 Å². The lowest BCUT2D eigenvalue weighted by molar-refractivity contribution is -0.120. The molecule has 1 saturated heterocycles. The highest BCUT2D eigenvalue weighted by molar-refractivity contribution is 7.99. The molecule has 0 aromatic rings. The van der Waals surface area contributed by atoms with E-state index in [0.29, 0.717) is 5.78 Å². The highest BCUT2D eigenvalue weighted by Crippen LogP contribution is 2.18. The van der Waals surface area contributed by atoms with E-state index in [-0.39, 0.29) is 6.04 Å². The maximum atomic E-state index is 10.8. The van der Waals surface area contributed by atoms with Crippen molar-refractivity contribution in [2.45, 2.75) is 26.8 Å². The summed E-state index contributed by atoms with van der Waals surface area (Å²) >= 11 is 1.82. The van der Waals surface area contributed by atoms with E-state index in [1.165, 1.54) is 0 Å². The van der Waals surface area contributed by atoms with Gasteiger partial charge in [0.05, 0.1) is 6.04 Å². The molecule has 0 bridgehead atoms. The van der Waals surface area contributed by atoms with Gasteiger partial charge < -0.3 is 0 Å². The number of hydrogen-bond donors (Lipinski definition) is 0. The van der Waals surface area contributed by atoms with Crippen molar-refractivity contribution in [1.29, 1.82) is 0 Å². The molecule has 0 spiro atoms. The van der Waals surface area contributed by atoms with Crippen LogP contribution in [0.5, 0.6) is 0 Å². The molecule has 1 unspecified atom stereocenters. The van der Waals surface area contributed by atoms with Gasteiger partial charge in [-0.25, -0.2) is 0 Å². The van der Waals surface area contributed by atoms with Crippen LogP contribution in [0.3, 0.4) is 0 Å². The lowest BCUT2D eigenvalue weighted by atomic mass is 10.2. The molecule has 0 amide bonds. The summed E-state index contributed by atoms with van der Waals surface area (Å²) in [5.74, 6) is 2.28. The number of thioether (sulfide) groups is 1. The third kappa shape index (κ3) is 3.25. The van der Waals surface area contributed by atoms with Crippen molar-refractivity contribution in [3.8, 4) is 0 Å². The minimum Gasteiger partial charge on any atom is -0.298 e. The van der Waals surface area contributed by atoms with E-state index in [4.69, 9.17) is 0 Å². The van der Waals surface area contributed by atoms with Crippen molar-refractivity contribution in [1.82, 2.24) is 4.90 Å². The summed E-state index contributed by atoms with van der Waals surface area (Å²) < 4.78 is 0. The molecule has 1 fully saturated rings. The molecule has 3 heteroatoms. The van der Waals surface area contributed by atoms with Gasteiger partial charge in [0.25, 0.3) is 0 Å². The fourth-order valence-corrected chi connectivity index (χ4v) is 2.24. The van der Waals surface area contributed by atoms with Crippen LogP contribution in [-0.4, -0.2) is 35.4 Å². The van der Waals surface area contributed by atoms with E-state index in [1.54, 1.807) is 6.92 Å². The van der Waals surface area contributed by atoms with Gasteiger partial charge in [-0.15, -0.1) is 11.8 Å². The molecule has 0 aliphatic carbocycles. The Bertz CT molecular complexity index is 127. The molecule has 66 valence electrons. The lowest BCUT2D eigenvalue weighted by Crippen LogP contribution is -2.32. The molecule has 0 N–H and O–H groups in total. The monoisotopic (exact) mass is 175 g/mol. The van der Waals surface area contributed by atoms with Gasteiger partial charge in [-0.2, -0.15) is 0 Å². The second kappa shape index (κ2) is 5.61. The molecular weight excluding hydrogens is 158 g/mol. The number of nitrogens with zero attached hydrogens (tertiary/aromatic N) is 1. The van der Waals surface area contributed by atoms with Gasteiger partial charge in [-0.05, 0) is 14.0 Å². The summed E-state index contributed by atoms with van der Waals surface area (Å²) in [5, 5.41) is 0. The molecule has 1 rings (SSSR count). The summed E-state index contributed by atoms with van der Waals surface area (Å²) in [6, 6.07) is 0.190. The number of hydrogen-bond acceptors (Lipinski definition) is 3. The summed E-state index contributed by atoms with van der Waals surface area (Å²) in [5.41, 5.74) is 0. The minimum atomic E-state index is 0.190. The van der Waals surface area contributed by atoms with Crippen molar-refractivity contribution in [2.75, 3.05) is 18.7 Å². The summed E-state index contributed by atoms with van der Waals surface area (Å²) in [7, 11) is 1.99. The van der Waals surface area contributed by atoms with Gasteiger partial charge in [-0.3, -0.25) is 9.69 Å². The first kappa shape index (κ1) is 11.0. The van der Waals surface area contributed by atoms with E-state index < -0.39 is 0 Å². The maximum Gasteiger partial charge on any atom is 0.147 e. The Morgan fingerprint density at radius 3 is 2.27 bits per heavy atom. The fourth-order valence-electron chi connectivity index (χ4n) is 0.953. The van der Waals surface area contributed by atoms with Gasteiger partial charge in [0.15, 0.2) is 0 Å². The van der Waals surface area contributed by atoms with Crippen LogP contribution in [0.1, 0.15) is 20.8 Å². The predicted molar refractivity (Wildman–Crippen MR) is 50.9 cm³/mol. The standard InChI is InChI=1S/C6H11NOS.C2H6/c1-5(8)6-3-9-4-7(6)2;1-2/h6H,3-4H2,1-2H3;1-2H3. The summed E-state index contributed by atoms with van der Waals surface area (Å²) in [4.78, 5) is 12.9. The largest absolute Gasteiger partial charge is 0.298 e. The van der Waals surface area contributed by atoms with Crippen LogP contribution in [-0.2, 0) is 4.79 Å². The van der Waals surface area contributed by atoms with E-state index in [9.17, 15) is 4.79 Å². The van der Waals surface area contributed by atoms with Crippen LogP contribution in [0.15, 0.2) is 0 Å². The SMILES string of the molecule is CC.CC(=O)C1CSCN1C. The molecule has 1 atom stereocenters. The first-order valence-corrected chi connectivity index (χ1v) is 5.15. The Morgan fingerprint density at radius 2 is 2.09 bits per heavy atom. The van der Waals surface area contributed by atoms with Crippen molar-refractivity contribution < 1.29 is 4.79 Å². The molecule has 1 heterocycles. The molecule has 2 nitrogen and oxygen atoms in total. The van der Waals surface area contributed by atoms with Crippen LogP contribution < -0.4 is 0 Å². The molecule has 11 heavy (non-hydrogen) atoms. The maximum absolute atomic E-state index is 10.8. The Balaban J connectivity index is 0.000000461. The van der Waals surface area contributed by atoms with Crippen molar-refractivity contribution in [2.24, 2.45) is 0 Å². The van der Waals surface area contributed by atoms with Crippen molar-refractivity contribution >= 4 is 17.5 Å². The normalized spacial score (nSPS) is 24.2. The van der Waals surface area contributed by atoms with E-state index >= 15 is 0 Å². The topological polar surface area (TPSA) is 20.3 Å². The lowest BCUT2D eigenvalue weighted by Gasteiger charge is -2.13. The van der Waals surface area contributed by atoms with Gasteiger partial charge in [0.1, 0.15) is 5.78 Å². The molecule has 0 saturated carbocycles. The predicted octanol–water partition coefficient (Wildman–Crippen LogP) is 1.61. The average Bonchev–Trinajstić information content (AvgIpc) is 2.39. The molecule has 0 aromatic heterocycles. The molecule has 0 radical (unpaired) electrons. The number of carbonyl (C=O) groups excluding carboxylic acids is 1. The number of Topliss-reactive ketones (excluding diaryl/α,β-unsaturated/α-hetero) is 1. The fraction of sp³-hybridized carbons (Fsp3) is 0.875. The molecule has 1 aliphatic heterocycles. The third-order valence-corrected chi connectivity index (χ3v) is 2.71. The third-order valence-electron chi connectivity index (χ3n) is 1.57. The first-order valence-electron chi connectivity index (χ1n) is 4.00. The molecule has 0 aromatic carbocycles. The van der Waals surface area contributed by atoms with E-state index in [0.717, 1.165) is 11.6 Å². The highest BCUT2D eigenvalue weighted by Gasteiger charge is 2.24. The van der Waals surface area contributed by atoms with Gasteiger partial charge in [0, 0.05) is 11.6 Å². The number of ketones is 1. The Kier molecular flexibility index (Phi) is 5.60. The van der Waals surface area contributed by atoms with Gasteiger partial charge in [0.2, 0.25) is 0 Å². The quantitative estimate of drug-likeness (QED) is 0.604. The van der Waals surface area contributed by atoms with Gasteiger partial charge >= 0.3 is 0 Å². The average molecular weight is 175 g/mol. The Morgan fingerprint density at radius 1 is 1.55 bits per heavy atom. The Labute approximate surface area is 73.3 Å². The van der Waals surface area contributed by atoms with Crippen LogP contribution in [0.4, 0.5) is 0 Å². The summed E-state index contributed by atoms with van der Waals surface area (Å²) in [6.45, 7) is 5.66. The van der Waals surface area contributed by atoms with Crippen molar-refractivity contribution in [3.63, 3.8) is 0 Å². The van der Waals surface area contributed by atoms with E-state index in [2.05, 4.69) is 4.90 Å². The van der Waals surface area contributed by atoms with Crippen LogP contribution in [0.2, 0.25) is 0 Å². The van der Waals surface area contributed by atoms with Crippen LogP contribution in [0.25, 0.3) is 0 Å². The van der Waals surface area contributed by atoms with Crippen LogP contribution in [0, 0.1) is 0 Å². The number of carbonyl (C=O) groups is 1. The molecule has 1 aliphatic rings. The summed E-state index contributed by atoms with van der Waals surface area (Å²) in [6.07, 6.45) is 0. The number of likely N-dealkylation sites (N-methyl/N-ethyl adjacent to an activating group) is 1. The zero-order valence-corrected chi connectivity index (χ0v) is 8.57. The second-order valence-corrected chi connectivity index (χ2v) is 3.38. The zero-order chi connectivity index (χ0) is 8.85. The number of rotatable bonds is 1. The zero-order valence-electron chi connectivity index (χ0n) is 7.76. The van der Waals surface area contributed by atoms with Gasteiger partial charge in [-0.1, -0.05) is 13.8 Å². The second-order valence-electron chi connectivity index (χ2n) is 2.38. The highest BCUT2D eigenvalue weighted by atomic mass is 32.2. The van der Waals surface area contributed by atoms with E-state index in [1.807, 2.05) is 32.7 Å². The van der Waals surface area contributed by atoms with Crippen molar-refractivity contribution in [3.05, 3.63) is 0 Å². The molecular formula is C8H17NOS. The Hall–Kier alpha value is -0.0200. The first-order chi connectivity index (χ1) is 5.22.